The van der Waals surface area contributed by atoms with Crippen molar-refractivity contribution in [2.45, 2.75) is 87.0 Å². The Balaban J connectivity index is 2.97. The summed E-state index contributed by atoms with van der Waals surface area (Å²) in [4.78, 5) is 49.2. The lowest BCUT2D eigenvalue weighted by molar-refractivity contribution is -0.152. The summed E-state index contributed by atoms with van der Waals surface area (Å²) in [6.45, 7) is 15.9. The van der Waals surface area contributed by atoms with Crippen molar-refractivity contribution in [3.05, 3.63) is 23.8 Å². The van der Waals surface area contributed by atoms with Crippen LogP contribution in [0.2, 0.25) is 0 Å². The quantitative estimate of drug-likeness (QED) is 0.283. The first-order chi connectivity index (χ1) is 17.6. The van der Waals surface area contributed by atoms with Crippen molar-refractivity contribution in [2.24, 2.45) is 29.4 Å². The molecule has 0 amide bonds. The molecule has 0 aliphatic carbocycles. The summed E-state index contributed by atoms with van der Waals surface area (Å²) in [5, 5.41) is 0. The van der Waals surface area contributed by atoms with E-state index in [-0.39, 0.29) is 48.4 Å². The molecule has 1 rings (SSSR count). The minimum Gasteiger partial charge on any atom is -0.458 e. The van der Waals surface area contributed by atoms with Crippen LogP contribution in [0.5, 0.6) is 11.5 Å². The summed E-state index contributed by atoms with van der Waals surface area (Å²) >= 11 is 0. The molecule has 0 saturated heterocycles. The number of carbonyl (C=O) groups excluding carboxylic acids is 4. The van der Waals surface area contributed by atoms with Gasteiger partial charge in [-0.1, -0.05) is 47.6 Å². The predicted molar refractivity (Wildman–Crippen MR) is 141 cm³/mol. The molecule has 0 radical (unpaired) electrons. The second-order valence-electron chi connectivity index (χ2n) is 10.5. The molecule has 4 atom stereocenters. The number of rotatable bonds is 13. The van der Waals surface area contributed by atoms with Crippen LogP contribution in [-0.4, -0.2) is 48.9 Å². The second kappa shape index (κ2) is 15.3. The Bertz CT molecular complexity index is 958. The molecule has 2 unspecified atom stereocenters. The van der Waals surface area contributed by atoms with E-state index in [9.17, 15) is 19.2 Å². The molecule has 0 saturated carbocycles. The first-order valence-corrected chi connectivity index (χ1v) is 13.0. The highest BCUT2D eigenvalue weighted by Crippen LogP contribution is 2.31. The molecule has 0 aromatic heterocycles. The van der Waals surface area contributed by atoms with Gasteiger partial charge in [0.1, 0.15) is 18.8 Å². The van der Waals surface area contributed by atoms with Crippen LogP contribution in [0.15, 0.2) is 18.2 Å². The summed E-state index contributed by atoms with van der Waals surface area (Å²) in [5.74, 6) is -2.11. The zero-order valence-electron chi connectivity index (χ0n) is 23.9. The van der Waals surface area contributed by atoms with E-state index >= 15 is 0 Å². The van der Waals surface area contributed by atoms with E-state index in [1.807, 2.05) is 27.7 Å². The van der Waals surface area contributed by atoms with Gasteiger partial charge in [-0.25, -0.2) is 4.79 Å². The number of hydrogen-bond acceptors (Lipinski definition) is 10. The Morgan fingerprint density at radius 1 is 0.737 bits per heavy atom. The fourth-order valence-corrected chi connectivity index (χ4v) is 2.86. The average Bonchev–Trinajstić information content (AvgIpc) is 2.82. The first-order valence-electron chi connectivity index (χ1n) is 13.0. The predicted octanol–water partition coefficient (Wildman–Crippen LogP) is 4.44. The van der Waals surface area contributed by atoms with Crippen molar-refractivity contribution in [2.75, 3.05) is 6.61 Å². The van der Waals surface area contributed by atoms with Gasteiger partial charge in [0.2, 0.25) is 0 Å². The largest absolute Gasteiger partial charge is 0.508 e. The van der Waals surface area contributed by atoms with Gasteiger partial charge in [0.05, 0.1) is 17.9 Å². The normalized spacial score (nSPS) is 14.4. The molecule has 0 spiro atoms. The third-order valence-electron chi connectivity index (χ3n) is 6.02. The Hall–Kier alpha value is -3.14. The van der Waals surface area contributed by atoms with Crippen LogP contribution in [0.4, 0.5) is 4.79 Å². The van der Waals surface area contributed by atoms with Crippen LogP contribution in [0.1, 0.15) is 67.9 Å². The van der Waals surface area contributed by atoms with E-state index in [4.69, 9.17) is 29.4 Å². The van der Waals surface area contributed by atoms with E-state index in [1.54, 1.807) is 40.7 Å². The van der Waals surface area contributed by atoms with Gasteiger partial charge < -0.3 is 29.4 Å². The van der Waals surface area contributed by atoms with Crippen molar-refractivity contribution < 1.29 is 42.9 Å². The fraction of sp³-hybridized carbons (Fsp3) is 0.643. The molecule has 0 heterocycles. The van der Waals surface area contributed by atoms with Crippen LogP contribution in [0, 0.1) is 23.7 Å². The summed E-state index contributed by atoms with van der Waals surface area (Å²) in [6.07, 6.45) is -1.88. The monoisotopic (exact) mass is 537 g/mol. The average molecular weight is 538 g/mol. The van der Waals surface area contributed by atoms with Crippen molar-refractivity contribution in [3.63, 3.8) is 0 Å². The molecule has 38 heavy (non-hydrogen) atoms. The maximum atomic E-state index is 12.7. The summed E-state index contributed by atoms with van der Waals surface area (Å²) in [6, 6.07) is 3.62. The second-order valence-corrected chi connectivity index (χ2v) is 10.5. The number of nitrogens with two attached hydrogens (primary N) is 1. The highest BCUT2D eigenvalue weighted by atomic mass is 16.7. The lowest BCUT2D eigenvalue weighted by Crippen LogP contribution is -2.37. The molecular formula is C28H43NO9. The van der Waals surface area contributed by atoms with Gasteiger partial charge in [-0.3, -0.25) is 14.4 Å². The van der Waals surface area contributed by atoms with Crippen molar-refractivity contribution in [1.82, 2.24) is 0 Å². The molecule has 10 nitrogen and oxygen atoms in total. The van der Waals surface area contributed by atoms with Gasteiger partial charge in [-0.15, -0.1) is 0 Å². The van der Waals surface area contributed by atoms with Gasteiger partial charge in [0, 0.05) is 0 Å². The van der Waals surface area contributed by atoms with Crippen LogP contribution >= 0.6 is 0 Å². The highest BCUT2D eigenvalue weighted by molar-refractivity contribution is 5.79. The third-order valence-corrected chi connectivity index (χ3v) is 6.02. The number of hydrogen-bond donors (Lipinski definition) is 1. The highest BCUT2D eigenvalue weighted by Gasteiger charge is 2.25. The summed E-state index contributed by atoms with van der Waals surface area (Å²) < 4.78 is 26.2. The zero-order chi connectivity index (χ0) is 29.2. The number of ether oxygens (including phenoxy) is 5. The molecule has 0 fully saturated rings. The van der Waals surface area contributed by atoms with E-state index < -0.39 is 42.1 Å². The van der Waals surface area contributed by atoms with Crippen molar-refractivity contribution >= 4 is 24.1 Å². The lowest BCUT2D eigenvalue weighted by Gasteiger charge is -2.20. The number of carbonyl (C=O) groups is 4. The maximum absolute atomic E-state index is 12.7. The maximum Gasteiger partial charge on any atom is 0.508 e. The molecule has 2 N–H and O–H groups in total. The van der Waals surface area contributed by atoms with Crippen LogP contribution in [0.25, 0.3) is 0 Å². The van der Waals surface area contributed by atoms with Crippen molar-refractivity contribution in [1.29, 1.82) is 0 Å². The Labute approximate surface area is 225 Å². The van der Waals surface area contributed by atoms with Gasteiger partial charge in [-0.05, 0) is 56.7 Å². The SMILES string of the molecule is CC(C)OC(=O)OC[C@H](C)OC(=O)[C@@H](N)Cc1ccc(OC(=O)C(C)C(C)C)c(OC(=O)C(C)C(C)C)c1. The van der Waals surface area contributed by atoms with Gasteiger partial charge >= 0.3 is 24.1 Å². The van der Waals surface area contributed by atoms with E-state index in [0.717, 1.165) is 0 Å². The molecule has 1 aromatic carbocycles. The smallest absolute Gasteiger partial charge is 0.458 e. The zero-order valence-corrected chi connectivity index (χ0v) is 23.9. The minimum atomic E-state index is -1.05. The standard InChI is InChI=1S/C28H43NO9/c1-15(2)19(8)25(30)37-23-11-10-21(13-24(23)38-26(31)20(9)16(3)4)12-22(29)27(32)36-18(7)14-34-28(33)35-17(5)6/h10-11,13,15-20,22H,12,14,29H2,1-9H3/t18-,19?,20?,22-/m0/s1. The lowest BCUT2D eigenvalue weighted by atomic mass is 9.98. The molecular weight excluding hydrogens is 494 g/mol. The fourth-order valence-electron chi connectivity index (χ4n) is 2.86. The molecule has 214 valence electrons. The minimum absolute atomic E-state index is 0.0408. The van der Waals surface area contributed by atoms with Crippen molar-refractivity contribution in [3.8, 4) is 11.5 Å². The van der Waals surface area contributed by atoms with E-state index in [2.05, 4.69) is 0 Å². The number of benzene rings is 1. The van der Waals surface area contributed by atoms with Gasteiger partial charge in [-0.2, -0.15) is 0 Å². The Kier molecular flexibility index (Phi) is 13.3. The summed E-state index contributed by atoms with van der Waals surface area (Å²) in [7, 11) is 0. The van der Waals surface area contributed by atoms with Crippen LogP contribution in [-0.2, 0) is 35.0 Å². The Morgan fingerprint density at radius 2 is 1.26 bits per heavy atom. The Morgan fingerprint density at radius 3 is 1.76 bits per heavy atom. The van der Waals surface area contributed by atoms with Crippen LogP contribution in [0.3, 0.4) is 0 Å². The molecule has 10 heteroatoms. The van der Waals surface area contributed by atoms with Gasteiger partial charge in [0.25, 0.3) is 0 Å². The van der Waals surface area contributed by atoms with E-state index in [0.29, 0.717) is 5.56 Å². The molecule has 1 aromatic rings. The van der Waals surface area contributed by atoms with Crippen LogP contribution < -0.4 is 15.2 Å². The van der Waals surface area contributed by atoms with Gasteiger partial charge in [0.15, 0.2) is 11.5 Å². The molecule has 0 bridgehead atoms. The molecule has 0 aliphatic heterocycles. The first kappa shape index (κ1) is 32.9. The van der Waals surface area contributed by atoms with E-state index in [1.165, 1.54) is 12.1 Å². The number of esters is 3. The topological polar surface area (TPSA) is 140 Å². The third kappa shape index (κ3) is 11.1. The molecule has 0 aliphatic rings. The summed E-state index contributed by atoms with van der Waals surface area (Å²) in [5.41, 5.74) is 6.62.